The molecule has 0 aliphatic heterocycles. The predicted octanol–water partition coefficient (Wildman–Crippen LogP) is 2.55. The van der Waals surface area contributed by atoms with Crippen molar-refractivity contribution in [3.05, 3.63) is 35.9 Å². The highest BCUT2D eigenvalue weighted by molar-refractivity contribution is 5.69. The second-order valence-corrected chi connectivity index (χ2v) is 3.70. The Hall–Kier alpha value is -1.84. The Balaban J connectivity index is 2.26. The molecule has 0 saturated carbocycles. The maximum absolute atomic E-state index is 11.2. The number of hydrazone groups is 1. The van der Waals surface area contributed by atoms with Crippen LogP contribution in [0.1, 0.15) is 19.4 Å². The second kappa shape index (κ2) is 6.61. The summed E-state index contributed by atoms with van der Waals surface area (Å²) in [5.41, 5.74) is 3.24. The van der Waals surface area contributed by atoms with Crippen molar-refractivity contribution in [1.29, 1.82) is 0 Å². The van der Waals surface area contributed by atoms with Crippen LogP contribution in [0.25, 0.3) is 0 Å². The van der Waals surface area contributed by atoms with E-state index in [1.54, 1.807) is 6.21 Å². The van der Waals surface area contributed by atoms with E-state index in [1.807, 2.05) is 44.2 Å². The summed E-state index contributed by atoms with van der Waals surface area (Å²) in [5.74, 6) is 0.300. The molecule has 0 radical (unpaired) electrons. The fraction of sp³-hybridized carbons (Fsp3) is 0.333. The van der Waals surface area contributed by atoms with Gasteiger partial charge in [0.25, 0.3) is 0 Å². The highest BCUT2D eigenvalue weighted by Gasteiger charge is 1.99. The molecule has 0 heterocycles. The molecule has 0 spiro atoms. The summed E-state index contributed by atoms with van der Waals surface area (Å²) in [6, 6.07) is 9.49. The first-order valence-electron chi connectivity index (χ1n) is 5.18. The molecule has 0 aromatic heterocycles. The number of carbonyl (C=O) groups excluding carboxylic acids is 1. The van der Waals surface area contributed by atoms with Crippen molar-refractivity contribution in [2.75, 3.05) is 0 Å². The maximum Gasteiger partial charge on any atom is 0.428 e. The zero-order chi connectivity index (χ0) is 11.8. The first-order chi connectivity index (χ1) is 7.68. The van der Waals surface area contributed by atoms with Gasteiger partial charge in [0.2, 0.25) is 0 Å². The topological polar surface area (TPSA) is 50.7 Å². The second-order valence-electron chi connectivity index (χ2n) is 3.70. The minimum absolute atomic E-state index is 0.254. The molecule has 4 nitrogen and oxygen atoms in total. The Morgan fingerprint density at radius 3 is 2.75 bits per heavy atom. The molecule has 0 bridgehead atoms. The number of benzene rings is 1. The molecule has 1 aromatic carbocycles. The Labute approximate surface area is 95.3 Å². The summed E-state index contributed by atoms with van der Waals surface area (Å²) < 4.78 is 4.95. The first-order valence-corrected chi connectivity index (χ1v) is 5.18. The molecule has 0 fully saturated rings. The lowest BCUT2D eigenvalue weighted by Crippen LogP contribution is -2.19. The molecule has 1 rings (SSSR count). The third-order valence-corrected chi connectivity index (χ3v) is 1.74. The minimum atomic E-state index is -0.541. The quantitative estimate of drug-likeness (QED) is 0.626. The van der Waals surface area contributed by atoms with Crippen LogP contribution in [0.3, 0.4) is 0 Å². The number of hydrogen-bond donors (Lipinski definition) is 1. The molecule has 16 heavy (non-hydrogen) atoms. The van der Waals surface area contributed by atoms with E-state index in [0.717, 1.165) is 5.56 Å². The monoisotopic (exact) mass is 220 g/mol. The summed E-state index contributed by atoms with van der Waals surface area (Å²) in [4.78, 5) is 11.2. The van der Waals surface area contributed by atoms with Crippen molar-refractivity contribution in [2.24, 2.45) is 11.0 Å². The van der Waals surface area contributed by atoms with E-state index in [1.165, 1.54) is 0 Å². The summed E-state index contributed by atoms with van der Waals surface area (Å²) in [6.45, 7) is 4.20. The zero-order valence-corrected chi connectivity index (χ0v) is 9.51. The van der Waals surface area contributed by atoms with Crippen LogP contribution >= 0.6 is 0 Å². The van der Waals surface area contributed by atoms with Crippen LogP contribution in [0, 0.1) is 5.92 Å². The van der Waals surface area contributed by atoms with Gasteiger partial charge in [0.15, 0.2) is 0 Å². The van der Waals surface area contributed by atoms with Crippen molar-refractivity contribution in [2.45, 2.75) is 20.5 Å². The summed E-state index contributed by atoms with van der Waals surface area (Å²) in [5, 5.41) is 3.73. The standard InChI is InChI=1S/C12H16N2O2/c1-10(2)8-13-14-12(15)16-9-11-6-4-3-5-7-11/h3-8,10H,9H2,1-2H3,(H,14,15)/b13-8+. The lowest BCUT2D eigenvalue weighted by molar-refractivity contribution is 0.140. The van der Waals surface area contributed by atoms with Crippen LogP contribution in [0.2, 0.25) is 0 Å². The molecule has 0 unspecified atom stereocenters. The molecule has 0 aliphatic rings. The Morgan fingerprint density at radius 1 is 1.44 bits per heavy atom. The molecule has 0 aliphatic carbocycles. The van der Waals surface area contributed by atoms with E-state index in [9.17, 15) is 4.79 Å². The molecule has 1 amide bonds. The summed E-state index contributed by atoms with van der Waals surface area (Å²) in [6.07, 6.45) is 1.10. The molecule has 0 saturated heterocycles. The van der Waals surface area contributed by atoms with Crippen molar-refractivity contribution >= 4 is 12.3 Å². The third-order valence-electron chi connectivity index (χ3n) is 1.74. The Bertz CT molecular complexity index is 347. The molecule has 1 aromatic rings. The number of hydrogen-bond acceptors (Lipinski definition) is 3. The summed E-state index contributed by atoms with van der Waals surface area (Å²) >= 11 is 0. The minimum Gasteiger partial charge on any atom is -0.443 e. The average Bonchev–Trinajstić information content (AvgIpc) is 2.27. The van der Waals surface area contributed by atoms with Crippen molar-refractivity contribution in [1.82, 2.24) is 5.43 Å². The Morgan fingerprint density at radius 2 is 2.12 bits per heavy atom. The lowest BCUT2D eigenvalue weighted by atomic mass is 10.2. The fourth-order valence-corrected chi connectivity index (χ4v) is 0.994. The molecular formula is C12H16N2O2. The zero-order valence-electron chi connectivity index (χ0n) is 9.51. The maximum atomic E-state index is 11.2. The normalized spacial score (nSPS) is 10.7. The molecule has 4 heteroatoms. The average molecular weight is 220 g/mol. The number of carbonyl (C=O) groups is 1. The van der Waals surface area contributed by atoms with Gasteiger partial charge >= 0.3 is 6.09 Å². The van der Waals surface area contributed by atoms with Crippen LogP contribution in [0.5, 0.6) is 0 Å². The molecular weight excluding hydrogens is 204 g/mol. The van der Waals surface area contributed by atoms with Crippen molar-refractivity contribution in [3.63, 3.8) is 0 Å². The fourth-order valence-electron chi connectivity index (χ4n) is 0.994. The number of nitrogens with one attached hydrogen (secondary N) is 1. The number of rotatable bonds is 4. The van der Waals surface area contributed by atoms with Crippen LogP contribution in [-0.2, 0) is 11.3 Å². The highest BCUT2D eigenvalue weighted by Crippen LogP contribution is 2.00. The van der Waals surface area contributed by atoms with E-state index in [4.69, 9.17) is 4.74 Å². The molecule has 86 valence electrons. The van der Waals surface area contributed by atoms with Gasteiger partial charge in [0, 0.05) is 6.21 Å². The van der Waals surface area contributed by atoms with E-state index >= 15 is 0 Å². The summed E-state index contributed by atoms with van der Waals surface area (Å²) in [7, 11) is 0. The highest BCUT2D eigenvalue weighted by atomic mass is 16.5. The largest absolute Gasteiger partial charge is 0.443 e. The smallest absolute Gasteiger partial charge is 0.428 e. The van der Waals surface area contributed by atoms with Crippen LogP contribution in [0.15, 0.2) is 35.4 Å². The van der Waals surface area contributed by atoms with Gasteiger partial charge < -0.3 is 4.74 Å². The molecule has 0 atom stereocenters. The van der Waals surface area contributed by atoms with E-state index < -0.39 is 6.09 Å². The van der Waals surface area contributed by atoms with Gasteiger partial charge in [-0.2, -0.15) is 5.10 Å². The first kappa shape index (κ1) is 12.2. The van der Waals surface area contributed by atoms with Gasteiger partial charge in [0.05, 0.1) is 0 Å². The van der Waals surface area contributed by atoms with Gasteiger partial charge in [-0.1, -0.05) is 44.2 Å². The molecule has 1 N–H and O–H groups in total. The van der Waals surface area contributed by atoms with Gasteiger partial charge in [-0.15, -0.1) is 0 Å². The number of amides is 1. The third kappa shape index (κ3) is 5.14. The van der Waals surface area contributed by atoms with Crippen molar-refractivity contribution in [3.8, 4) is 0 Å². The van der Waals surface area contributed by atoms with E-state index in [-0.39, 0.29) is 6.61 Å². The number of ether oxygens (including phenoxy) is 1. The van der Waals surface area contributed by atoms with Crippen molar-refractivity contribution < 1.29 is 9.53 Å². The lowest BCUT2D eigenvalue weighted by Gasteiger charge is -2.03. The van der Waals surface area contributed by atoms with Gasteiger partial charge in [0.1, 0.15) is 6.61 Å². The van der Waals surface area contributed by atoms with E-state index in [2.05, 4.69) is 10.5 Å². The van der Waals surface area contributed by atoms with Crippen LogP contribution in [-0.4, -0.2) is 12.3 Å². The SMILES string of the molecule is CC(C)/C=N/NC(=O)OCc1ccccc1. The van der Waals surface area contributed by atoms with Gasteiger partial charge in [-0.3, -0.25) is 0 Å². The number of nitrogens with zero attached hydrogens (tertiary/aromatic N) is 1. The van der Waals surface area contributed by atoms with E-state index in [0.29, 0.717) is 5.92 Å². The predicted molar refractivity (Wildman–Crippen MR) is 63.1 cm³/mol. The van der Waals surface area contributed by atoms with Gasteiger partial charge in [-0.25, -0.2) is 10.2 Å². The van der Waals surface area contributed by atoms with Gasteiger partial charge in [-0.05, 0) is 11.5 Å². The van der Waals surface area contributed by atoms with Crippen LogP contribution < -0.4 is 5.43 Å². The van der Waals surface area contributed by atoms with Crippen LogP contribution in [0.4, 0.5) is 4.79 Å². The Kier molecular flexibility index (Phi) is 5.05.